The van der Waals surface area contributed by atoms with Crippen molar-refractivity contribution in [3.63, 3.8) is 0 Å². The third-order valence-corrected chi connectivity index (χ3v) is 3.67. The molecule has 0 aliphatic heterocycles. The highest BCUT2D eigenvalue weighted by atomic mass is 19.4. The number of nitrogens with one attached hydrogen (secondary N) is 2. The van der Waals surface area contributed by atoms with E-state index in [0.29, 0.717) is 5.69 Å². The van der Waals surface area contributed by atoms with Crippen LogP contribution in [-0.4, -0.2) is 17.9 Å². The Kier molecular flexibility index (Phi) is 6.57. The van der Waals surface area contributed by atoms with Crippen LogP contribution in [0.5, 0.6) is 0 Å². The zero-order valence-corrected chi connectivity index (χ0v) is 14.6. The van der Waals surface area contributed by atoms with Crippen molar-refractivity contribution >= 4 is 17.5 Å². The molecule has 2 aromatic rings. The molecule has 2 amide bonds. The zero-order chi connectivity index (χ0) is 20.0. The lowest BCUT2D eigenvalue weighted by atomic mass is 10.1. The van der Waals surface area contributed by atoms with Crippen LogP contribution < -0.4 is 16.4 Å². The largest absolute Gasteiger partial charge is 0.416 e. The molecule has 1 atom stereocenters. The van der Waals surface area contributed by atoms with Gasteiger partial charge in [-0.25, -0.2) is 0 Å². The first-order valence-electron chi connectivity index (χ1n) is 8.25. The fourth-order valence-corrected chi connectivity index (χ4v) is 2.31. The number of carbonyl (C=O) groups excluding carboxylic acids is 2. The predicted molar refractivity (Wildman–Crippen MR) is 96.0 cm³/mol. The molecule has 27 heavy (non-hydrogen) atoms. The number of nitrogens with two attached hydrogens (primary N) is 1. The molecule has 2 rings (SSSR count). The highest BCUT2D eigenvalue weighted by molar-refractivity contribution is 5.94. The lowest BCUT2D eigenvalue weighted by Crippen LogP contribution is -2.24. The van der Waals surface area contributed by atoms with Gasteiger partial charge in [0.05, 0.1) is 5.56 Å². The molecule has 1 unspecified atom stereocenters. The molecule has 0 aliphatic carbocycles. The van der Waals surface area contributed by atoms with Gasteiger partial charge in [0.15, 0.2) is 0 Å². The maximum Gasteiger partial charge on any atom is 0.416 e. The van der Waals surface area contributed by atoms with E-state index in [0.717, 1.165) is 29.8 Å². The van der Waals surface area contributed by atoms with Crippen LogP contribution in [0.3, 0.4) is 0 Å². The molecule has 8 heteroatoms. The first-order chi connectivity index (χ1) is 12.6. The van der Waals surface area contributed by atoms with Crippen molar-refractivity contribution in [2.45, 2.75) is 32.1 Å². The molecule has 144 valence electrons. The van der Waals surface area contributed by atoms with Crippen molar-refractivity contribution in [3.8, 4) is 0 Å². The van der Waals surface area contributed by atoms with Gasteiger partial charge in [-0.2, -0.15) is 13.2 Å². The summed E-state index contributed by atoms with van der Waals surface area (Å²) in [4.78, 5) is 23.7. The summed E-state index contributed by atoms with van der Waals surface area (Å²) >= 11 is 0. The van der Waals surface area contributed by atoms with Gasteiger partial charge in [-0.05, 0) is 48.9 Å². The second-order valence-electron chi connectivity index (χ2n) is 6.18. The molecule has 5 nitrogen and oxygen atoms in total. The minimum absolute atomic E-state index is 0.141. The molecule has 0 aromatic heterocycles. The molecule has 0 saturated carbocycles. The van der Waals surface area contributed by atoms with E-state index >= 15 is 0 Å². The number of anilines is 1. The van der Waals surface area contributed by atoms with Crippen molar-refractivity contribution in [1.82, 2.24) is 5.32 Å². The lowest BCUT2D eigenvalue weighted by molar-refractivity contribution is -0.137. The van der Waals surface area contributed by atoms with Gasteiger partial charge in [0, 0.05) is 30.3 Å². The van der Waals surface area contributed by atoms with Crippen molar-refractivity contribution in [2.24, 2.45) is 5.73 Å². The fraction of sp³-hybridized carbons (Fsp3) is 0.263. The zero-order valence-electron chi connectivity index (χ0n) is 14.6. The standard InChI is InChI=1S/C19H20F3N3O2/c1-12(23)10-17(26)25-16-8-2-13(3-9-16)11-24-18(27)14-4-6-15(7-5-14)19(20,21)22/h2-9,12H,10-11,23H2,1H3,(H,24,27)(H,25,26). The second kappa shape index (κ2) is 8.68. The summed E-state index contributed by atoms with van der Waals surface area (Å²) in [6.07, 6.45) is -4.22. The number of amides is 2. The Morgan fingerprint density at radius 3 is 2.15 bits per heavy atom. The van der Waals surface area contributed by atoms with Crippen molar-refractivity contribution in [1.29, 1.82) is 0 Å². The molecular weight excluding hydrogens is 359 g/mol. The molecule has 0 spiro atoms. The Bertz CT molecular complexity index is 785. The van der Waals surface area contributed by atoms with Crippen LogP contribution in [-0.2, 0) is 17.5 Å². The van der Waals surface area contributed by atoms with Crippen molar-refractivity contribution in [2.75, 3.05) is 5.32 Å². The number of carbonyl (C=O) groups is 2. The number of alkyl halides is 3. The lowest BCUT2D eigenvalue weighted by Gasteiger charge is -2.10. The molecule has 0 saturated heterocycles. The summed E-state index contributed by atoms with van der Waals surface area (Å²) < 4.78 is 37.6. The average molecular weight is 379 g/mol. The van der Waals surface area contributed by atoms with Crippen LogP contribution in [0.4, 0.5) is 18.9 Å². The summed E-state index contributed by atoms with van der Waals surface area (Å²) in [6.45, 7) is 1.94. The minimum Gasteiger partial charge on any atom is -0.348 e. The van der Waals surface area contributed by atoms with Crippen LogP contribution in [0.2, 0.25) is 0 Å². The van der Waals surface area contributed by atoms with Gasteiger partial charge in [0.1, 0.15) is 0 Å². The van der Waals surface area contributed by atoms with Gasteiger partial charge in [-0.15, -0.1) is 0 Å². The summed E-state index contributed by atoms with van der Waals surface area (Å²) in [5.41, 5.74) is 6.28. The van der Waals surface area contributed by atoms with Crippen LogP contribution >= 0.6 is 0 Å². The van der Waals surface area contributed by atoms with E-state index < -0.39 is 17.6 Å². The Balaban J connectivity index is 1.89. The van der Waals surface area contributed by atoms with E-state index in [1.165, 1.54) is 0 Å². The Labute approximate surface area is 154 Å². The minimum atomic E-state index is -4.44. The molecule has 0 bridgehead atoms. The Morgan fingerprint density at radius 1 is 1.04 bits per heavy atom. The van der Waals surface area contributed by atoms with E-state index in [4.69, 9.17) is 5.73 Å². The van der Waals surface area contributed by atoms with Crippen LogP contribution in [0, 0.1) is 0 Å². The maximum absolute atomic E-state index is 12.5. The SMILES string of the molecule is CC(N)CC(=O)Nc1ccc(CNC(=O)c2ccc(C(F)(F)F)cc2)cc1. The number of benzene rings is 2. The topological polar surface area (TPSA) is 84.2 Å². The van der Waals surface area contributed by atoms with Gasteiger partial charge in [-0.3, -0.25) is 9.59 Å². The third kappa shape index (κ3) is 6.41. The van der Waals surface area contributed by atoms with Gasteiger partial charge < -0.3 is 16.4 Å². The van der Waals surface area contributed by atoms with E-state index in [1.54, 1.807) is 31.2 Å². The molecular formula is C19H20F3N3O2. The fourth-order valence-electron chi connectivity index (χ4n) is 2.31. The summed E-state index contributed by atoms with van der Waals surface area (Å²) in [5, 5.41) is 5.35. The van der Waals surface area contributed by atoms with E-state index in [2.05, 4.69) is 10.6 Å². The second-order valence-corrected chi connectivity index (χ2v) is 6.18. The number of hydrogen-bond donors (Lipinski definition) is 3. The van der Waals surface area contributed by atoms with Crippen molar-refractivity contribution < 1.29 is 22.8 Å². The molecule has 0 aliphatic rings. The van der Waals surface area contributed by atoms with Gasteiger partial charge in [-0.1, -0.05) is 12.1 Å². The molecule has 0 radical (unpaired) electrons. The van der Waals surface area contributed by atoms with Crippen LogP contribution in [0.1, 0.15) is 34.8 Å². The monoisotopic (exact) mass is 379 g/mol. The Hall–Kier alpha value is -2.87. The highest BCUT2D eigenvalue weighted by Crippen LogP contribution is 2.29. The number of halogens is 3. The maximum atomic E-state index is 12.5. The predicted octanol–water partition coefficient (Wildman–Crippen LogP) is 3.31. The smallest absolute Gasteiger partial charge is 0.348 e. The first kappa shape index (κ1) is 20.4. The summed E-state index contributed by atoms with van der Waals surface area (Å²) in [5.74, 6) is -0.661. The highest BCUT2D eigenvalue weighted by Gasteiger charge is 2.30. The molecule has 0 fully saturated rings. The molecule has 2 aromatic carbocycles. The van der Waals surface area contributed by atoms with E-state index in [1.807, 2.05) is 0 Å². The van der Waals surface area contributed by atoms with Crippen LogP contribution in [0.15, 0.2) is 48.5 Å². The van der Waals surface area contributed by atoms with Gasteiger partial charge in [0.25, 0.3) is 5.91 Å². The van der Waals surface area contributed by atoms with E-state index in [-0.39, 0.29) is 30.5 Å². The summed E-state index contributed by atoms with van der Waals surface area (Å²) in [6, 6.07) is 10.6. The van der Waals surface area contributed by atoms with Crippen molar-refractivity contribution in [3.05, 3.63) is 65.2 Å². The Morgan fingerprint density at radius 2 is 1.63 bits per heavy atom. The molecule has 0 heterocycles. The average Bonchev–Trinajstić information content (AvgIpc) is 2.59. The third-order valence-electron chi connectivity index (χ3n) is 3.67. The van der Waals surface area contributed by atoms with Crippen LogP contribution in [0.25, 0.3) is 0 Å². The van der Waals surface area contributed by atoms with Gasteiger partial charge >= 0.3 is 6.18 Å². The normalized spacial score (nSPS) is 12.3. The number of rotatable bonds is 6. The quantitative estimate of drug-likeness (QED) is 0.720. The van der Waals surface area contributed by atoms with Gasteiger partial charge in [0.2, 0.25) is 5.91 Å². The van der Waals surface area contributed by atoms with E-state index in [9.17, 15) is 22.8 Å². The number of hydrogen-bond acceptors (Lipinski definition) is 3. The first-order valence-corrected chi connectivity index (χ1v) is 8.25. The summed E-state index contributed by atoms with van der Waals surface area (Å²) in [7, 11) is 0. The molecule has 4 N–H and O–H groups in total.